The van der Waals surface area contributed by atoms with Crippen molar-refractivity contribution >= 4 is 16.6 Å². The summed E-state index contributed by atoms with van der Waals surface area (Å²) in [7, 11) is 1.94. The Bertz CT molecular complexity index is 1270. The number of hydrogen-bond acceptors (Lipinski definition) is 6. The summed E-state index contributed by atoms with van der Waals surface area (Å²) in [6.45, 7) is 4.38. The van der Waals surface area contributed by atoms with Gasteiger partial charge in [0.2, 0.25) is 0 Å². The smallest absolute Gasteiger partial charge is 0.144 e. The van der Waals surface area contributed by atoms with Crippen LogP contribution >= 0.6 is 0 Å². The summed E-state index contributed by atoms with van der Waals surface area (Å²) in [6.07, 6.45) is 5.43. The van der Waals surface area contributed by atoms with Crippen LogP contribution in [0.3, 0.4) is 0 Å². The third-order valence-electron chi connectivity index (χ3n) is 6.25. The van der Waals surface area contributed by atoms with Crippen molar-refractivity contribution in [2.75, 3.05) is 24.6 Å². The molecule has 3 saturated heterocycles. The normalized spacial score (nSPS) is 19.8. The van der Waals surface area contributed by atoms with Gasteiger partial charge in [-0.05, 0) is 13.0 Å². The van der Waals surface area contributed by atoms with Gasteiger partial charge < -0.3 is 14.4 Å². The van der Waals surface area contributed by atoms with Gasteiger partial charge in [0, 0.05) is 55.3 Å². The molecule has 5 heterocycles. The average Bonchev–Trinajstić information content (AvgIpc) is 3.20. The molecule has 0 spiro atoms. The van der Waals surface area contributed by atoms with Gasteiger partial charge in [0.15, 0.2) is 0 Å². The molecule has 0 saturated carbocycles. The zero-order chi connectivity index (χ0) is 21.7. The van der Waals surface area contributed by atoms with Crippen molar-refractivity contribution in [1.82, 2.24) is 19.7 Å². The third kappa shape index (κ3) is 3.20. The van der Waals surface area contributed by atoms with Crippen LogP contribution in [0.15, 0.2) is 55.0 Å². The number of nitrogens with zero attached hydrogens (tertiary/aromatic N) is 5. The van der Waals surface area contributed by atoms with E-state index in [2.05, 4.69) is 28.1 Å². The highest BCUT2D eigenvalue weighted by molar-refractivity contribution is 5.98. The fourth-order valence-electron chi connectivity index (χ4n) is 4.83. The molecule has 7 heteroatoms. The van der Waals surface area contributed by atoms with Crippen LogP contribution in [0, 0.1) is 0 Å². The van der Waals surface area contributed by atoms with E-state index in [-0.39, 0.29) is 0 Å². The van der Waals surface area contributed by atoms with Crippen molar-refractivity contribution in [1.29, 1.82) is 0 Å². The fraction of sp³-hybridized carbons (Fsp3) is 0.320. The predicted octanol–water partition coefficient (Wildman–Crippen LogP) is 4.07. The maximum atomic E-state index is 6.03. The highest BCUT2D eigenvalue weighted by Gasteiger charge is 2.39. The van der Waals surface area contributed by atoms with Crippen molar-refractivity contribution < 1.29 is 9.47 Å². The molecule has 4 aromatic rings. The van der Waals surface area contributed by atoms with E-state index in [9.17, 15) is 0 Å². The molecule has 32 heavy (non-hydrogen) atoms. The van der Waals surface area contributed by atoms with Gasteiger partial charge in [-0.15, -0.1) is 0 Å². The van der Waals surface area contributed by atoms with Crippen molar-refractivity contribution in [3.05, 3.63) is 55.0 Å². The second kappa shape index (κ2) is 7.60. The molecule has 162 valence electrons. The van der Waals surface area contributed by atoms with Crippen molar-refractivity contribution in [3.8, 4) is 28.3 Å². The van der Waals surface area contributed by atoms with Crippen LogP contribution in [0.4, 0.5) is 5.69 Å². The molecule has 0 radical (unpaired) electrons. The molecular weight excluding hydrogens is 402 g/mol. The van der Waals surface area contributed by atoms with Crippen molar-refractivity contribution in [3.63, 3.8) is 0 Å². The Hall–Kier alpha value is -3.45. The Morgan fingerprint density at radius 2 is 1.84 bits per heavy atom. The van der Waals surface area contributed by atoms with Crippen LogP contribution in [0.1, 0.15) is 13.3 Å². The largest absolute Gasteiger partial charge is 0.492 e. The molecular formula is C25H25N5O2. The van der Waals surface area contributed by atoms with E-state index in [1.54, 1.807) is 6.33 Å². The maximum absolute atomic E-state index is 6.03. The van der Waals surface area contributed by atoms with Gasteiger partial charge in [0.05, 0.1) is 35.7 Å². The molecule has 2 atom stereocenters. The average molecular weight is 428 g/mol. The molecule has 3 fully saturated rings. The molecule has 2 aromatic carbocycles. The highest BCUT2D eigenvalue weighted by Crippen LogP contribution is 2.41. The van der Waals surface area contributed by atoms with E-state index < -0.39 is 0 Å². The zero-order valence-electron chi connectivity index (χ0n) is 18.2. The second-order valence-electron chi connectivity index (χ2n) is 8.44. The molecule has 7 rings (SSSR count). The number of morpholine rings is 1. The van der Waals surface area contributed by atoms with Gasteiger partial charge in [0.1, 0.15) is 17.8 Å². The quantitative estimate of drug-likeness (QED) is 0.478. The third-order valence-corrected chi connectivity index (χ3v) is 6.25. The minimum atomic E-state index is 0.313. The molecule has 0 amide bonds. The first kappa shape index (κ1) is 19.3. The lowest BCUT2D eigenvalue weighted by atomic mass is 9.97. The van der Waals surface area contributed by atoms with Crippen LogP contribution in [-0.2, 0) is 11.8 Å². The summed E-state index contributed by atoms with van der Waals surface area (Å²) in [4.78, 5) is 11.7. The number of fused-ring (bicyclic) bond motifs is 3. The summed E-state index contributed by atoms with van der Waals surface area (Å²) < 4.78 is 13.7. The van der Waals surface area contributed by atoms with Crippen LogP contribution in [0.25, 0.3) is 33.4 Å². The Kier molecular flexibility index (Phi) is 4.57. The van der Waals surface area contributed by atoms with Gasteiger partial charge in [-0.3, -0.25) is 4.68 Å². The van der Waals surface area contributed by atoms with E-state index in [4.69, 9.17) is 19.6 Å². The molecule has 2 aromatic heterocycles. The van der Waals surface area contributed by atoms with Gasteiger partial charge >= 0.3 is 0 Å². The maximum Gasteiger partial charge on any atom is 0.144 e. The van der Waals surface area contributed by atoms with Gasteiger partial charge in [-0.2, -0.15) is 5.10 Å². The lowest BCUT2D eigenvalue weighted by Crippen LogP contribution is -2.57. The molecule has 2 bridgehead atoms. The lowest BCUT2D eigenvalue weighted by Gasteiger charge is -2.48. The van der Waals surface area contributed by atoms with Crippen LogP contribution in [0.5, 0.6) is 5.75 Å². The summed E-state index contributed by atoms with van der Waals surface area (Å²) in [5, 5.41) is 5.74. The summed E-state index contributed by atoms with van der Waals surface area (Å²) in [6, 6.07) is 14.5. The van der Waals surface area contributed by atoms with E-state index >= 15 is 0 Å². The van der Waals surface area contributed by atoms with Crippen molar-refractivity contribution in [2.24, 2.45) is 7.05 Å². The standard InChI is InChI=1S/C25H25N5O2/c1-3-31-23-11-21-19(10-22(23)30-12-17-9-18(13-30)32-17)25(27-15-26-21)20-14-29(2)28-24(20)16-7-5-4-6-8-16/h4-8,10-11,14-15,17-18H,3,9,12-13H2,1-2H3. The summed E-state index contributed by atoms with van der Waals surface area (Å²) in [5.41, 5.74) is 5.79. The first-order chi connectivity index (χ1) is 15.7. The van der Waals surface area contributed by atoms with Crippen molar-refractivity contribution in [2.45, 2.75) is 25.6 Å². The molecule has 3 aliphatic rings. The molecule has 2 unspecified atom stereocenters. The molecule has 0 aliphatic carbocycles. The minimum absolute atomic E-state index is 0.313. The number of ether oxygens (including phenoxy) is 2. The van der Waals surface area contributed by atoms with Crippen LogP contribution in [-0.4, -0.2) is 51.7 Å². The minimum Gasteiger partial charge on any atom is -0.492 e. The number of anilines is 1. The first-order valence-electron chi connectivity index (χ1n) is 11.1. The second-order valence-corrected chi connectivity index (χ2v) is 8.44. The topological polar surface area (TPSA) is 65.3 Å². The van der Waals surface area contributed by atoms with E-state index in [1.807, 2.05) is 49.1 Å². The van der Waals surface area contributed by atoms with E-state index in [0.717, 1.165) is 64.4 Å². The highest BCUT2D eigenvalue weighted by atomic mass is 16.5. The number of benzene rings is 2. The van der Waals surface area contributed by atoms with Gasteiger partial charge in [0.25, 0.3) is 0 Å². The fourth-order valence-corrected chi connectivity index (χ4v) is 4.83. The van der Waals surface area contributed by atoms with E-state index in [1.165, 1.54) is 0 Å². The molecule has 0 N–H and O–H groups in total. The van der Waals surface area contributed by atoms with Crippen LogP contribution < -0.4 is 9.64 Å². The monoisotopic (exact) mass is 427 g/mol. The molecule has 3 aliphatic heterocycles. The first-order valence-corrected chi connectivity index (χ1v) is 11.1. The van der Waals surface area contributed by atoms with E-state index in [0.29, 0.717) is 18.8 Å². The van der Waals surface area contributed by atoms with Gasteiger partial charge in [-0.1, -0.05) is 30.3 Å². The number of aromatic nitrogens is 4. The zero-order valence-corrected chi connectivity index (χ0v) is 18.2. The number of rotatable bonds is 5. The summed E-state index contributed by atoms with van der Waals surface area (Å²) in [5.74, 6) is 0.861. The number of aryl methyl sites for hydroxylation is 1. The number of hydrogen-bond donors (Lipinski definition) is 0. The van der Waals surface area contributed by atoms with Crippen LogP contribution in [0.2, 0.25) is 0 Å². The summed E-state index contributed by atoms with van der Waals surface area (Å²) >= 11 is 0. The number of piperidine rings is 1. The Labute approximate surface area is 186 Å². The van der Waals surface area contributed by atoms with Gasteiger partial charge in [-0.25, -0.2) is 9.97 Å². The molecule has 7 nitrogen and oxygen atoms in total. The Balaban J connectivity index is 1.53. The SMILES string of the molecule is CCOc1cc2ncnc(-c3cn(C)nc3-c3ccccc3)c2cc1N1CC2CC(C1)O2. The predicted molar refractivity (Wildman–Crippen MR) is 124 cm³/mol. The lowest BCUT2D eigenvalue weighted by molar-refractivity contribution is -0.133. The Morgan fingerprint density at radius 1 is 1.06 bits per heavy atom. The Morgan fingerprint density at radius 3 is 2.59 bits per heavy atom.